The number of amides is 2. The number of anilines is 1. The van der Waals surface area contributed by atoms with Gasteiger partial charge in [-0.15, -0.1) is 0 Å². The Morgan fingerprint density at radius 3 is 2.35 bits per heavy atom. The lowest BCUT2D eigenvalue weighted by Crippen LogP contribution is -2.50. The molecule has 0 aromatic heterocycles. The molecule has 0 bridgehead atoms. The number of benzene rings is 2. The van der Waals surface area contributed by atoms with Crippen LogP contribution in [0, 0.1) is 11.3 Å². The fourth-order valence-electron chi connectivity index (χ4n) is 3.25. The van der Waals surface area contributed by atoms with Gasteiger partial charge in [-0.05, 0) is 30.2 Å². The second kappa shape index (κ2) is 8.50. The highest BCUT2D eigenvalue weighted by atomic mass is 16.2. The third-order valence-corrected chi connectivity index (χ3v) is 4.92. The summed E-state index contributed by atoms with van der Waals surface area (Å²) < 4.78 is 0. The average molecular weight is 348 g/mol. The first-order valence-corrected chi connectivity index (χ1v) is 8.98. The van der Waals surface area contributed by atoms with E-state index in [1.165, 1.54) is 5.56 Å². The molecular formula is C21H24N4O. The van der Waals surface area contributed by atoms with Gasteiger partial charge in [0.05, 0.1) is 12.5 Å². The second-order valence-electron chi connectivity index (χ2n) is 6.57. The van der Waals surface area contributed by atoms with Gasteiger partial charge in [-0.3, -0.25) is 4.90 Å². The van der Waals surface area contributed by atoms with E-state index >= 15 is 0 Å². The molecule has 0 spiro atoms. The number of rotatable bonds is 4. The van der Waals surface area contributed by atoms with Crippen LogP contribution in [0.3, 0.4) is 0 Å². The Hall–Kier alpha value is -2.84. The number of piperazine rings is 1. The van der Waals surface area contributed by atoms with Gasteiger partial charge < -0.3 is 10.2 Å². The quantitative estimate of drug-likeness (QED) is 0.917. The number of hydrogen-bond acceptors (Lipinski definition) is 3. The number of nitrogens with zero attached hydrogens (tertiary/aromatic N) is 3. The van der Waals surface area contributed by atoms with Crippen molar-refractivity contribution in [3.05, 3.63) is 65.7 Å². The number of carbonyl (C=O) groups is 1. The van der Waals surface area contributed by atoms with Crippen molar-refractivity contribution in [2.24, 2.45) is 0 Å². The van der Waals surface area contributed by atoms with Crippen LogP contribution in [0.4, 0.5) is 10.5 Å². The van der Waals surface area contributed by atoms with Crippen LogP contribution in [0.15, 0.2) is 54.6 Å². The van der Waals surface area contributed by atoms with Gasteiger partial charge in [-0.25, -0.2) is 4.79 Å². The molecule has 2 amide bonds. The van der Waals surface area contributed by atoms with Crippen LogP contribution in [0.25, 0.3) is 0 Å². The summed E-state index contributed by atoms with van der Waals surface area (Å²) in [6, 6.07) is 20.3. The number of hydrogen-bond donors (Lipinski definition) is 1. The van der Waals surface area contributed by atoms with Crippen molar-refractivity contribution in [2.75, 3.05) is 31.5 Å². The molecule has 0 saturated carbocycles. The third kappa shape index (κ3) is 4.41. The van der Waals surface area contributed by atoms with Crippen LogP contribution in [-0.2, 0) is 6.42 Å². The van der Waals surface area contributed by atoms with Gasteiger partial charge in [0.2, 0.25) is 0 Å². The molecule has 2 aromatic carbocycles. The number of urea groups is 1. The van der Waals surface area contributed by atoms with Crippen molar-refractivity contribution in [3.63, 3.8) is 0 Å². The van der Waals surface area contributed by atoms with Crippen molar-refractivity contribution in [3.8, 4) is 6.07 Å². The predicted molar refractivity (Wildman–Crippen MR) is 103 cm³/mol. The molecule has 3 rings (SSSR count). The minimum Gasteiger partial charge on any atom is -0.322 e. The zero-order valence-corrected chi connectivity index (χ0v) is 15.1. The Kier molecular flexibility index (Phi) is 5.88. The summed E-state index contributed by atoms with van der Waals surface area (Å²) in [5.74, 6) is 0. The molecule has 2 aromatic rings. The van der Waals surface area contributed by atoms with E-state index in [0.29, 0.717) is 12.5 Å². The normalized spacial score (nSPS) is 15.9. The third-order valence-electron chi connectivity index (χ3n) is 4.92. The fraction of sp³-hybridized carbons (Fsp3) is 0.333. The molecule has 1 saturated heterocycles. The van der Waals surface area contributed by atoms with E-state index in [9.17, 15) is 4.79 Å². The second-order valence-corrected chi connectivity index (χ2v) is 6.57. The summed E-state index contributed by atoms with van der Waals surface area (Å²) in [7, 11) is 0. The predicted octanol–water partition coefficient (Wildman–Crippen LogP) is 3.66. The molecule has 1 aliphatic rings. The van der Waals surface area contributed by atoms with Gasteiger partial charge in [-0.1, -0.05) is 42.5 Å². The van der Waals surface area contributed by atoms with E-state index in [1.54, 1.807) is 0 Å². The van der Waals surface area contributed by atoms with Crippen molar-refractivity contribution in [1.82, 2.24) is 9.80 Å². The number of nitrogens with one attached hydrogen (secondary N) is 1. The fourth-order valence-corrected chi connectivity index (χ4v) is 3.25. The minimum atomic E-state index is -0.0648. The minimum absolute atomic E-state index is 0.0648. The van der Waals surface area contributed by atoms with E-state index < -0.39 is 0 Å². The van der Waals surface area contributed by atoms with Crippen molar-refractivity contribution in [1.29, 1.82) is 5.26 Å². The molecule has 1 N–H and O–H groups in total. The largest absolute Gasteiger partial charge is 0.322 e. The lowest BCUT2D eigenvalue weighted by molar-refractivity contribution is 0.119. The van der Waals surface area contributed by atoms with Crippen LogP contribution in [0.5, 0.6) is 0 Å². The molecule has 1 aliphatic heterocycles. The van der Waals surface area contributed by atoms with Gasteiger partial charge in [-0.2, -0.15) is 5.26 Å². The maximum Gasteiger partial charge on any atom is 0.321 e. The molecule has 26 heavy (non-hydrogen) atoms. The van der Waals surface area contributed by atoms with E-state index in [4.69, 9.17) is 5.26 Å². The van der Waals surface area contributed by atoms with Crippen molar-refractivity contribution in [2.45, 2.75) is 19.4 Å². The number of carbonyl (C=O) groups excluding carboxylic acids is 1. The van der Waals surface area contributed by atoms with E-state index in [2.05, 4.69) is 47.5 Å². The Labute approximate surface area is 154 Å². The van der Waals surface area contributed by atoms with Crippen LogP contribution in [-0.4, -0.2) is 42.0 Å². The van der Waals surface area contributed by atoms with E-state index in [-0.39, 0.29) is 6.03 Å². The molecule has 0 aliphatic carbocycles. The summed E-state index contributed by atoms with van der Waals surface area (Å²) in [5.41, 5.74) is 3.02. The maximum atomic E-state index is 12.5. The van der Waals surface area contributed by atoms with Crippen molar-refractivity contribution < 1.29 is 4.79 Å². The van der Waals surface area contributed by atoms with Gasteiger partial charge >= 0.3 is 6.03 Å². The summed E-state index contributed by atoms with van der Waals surface area (Å²) in [4.78, 5) is 16.7. The summed E-state index contributed by atoms with van der Waals surface area (Å²) >= 11 is 0. The molecule has 0 radical (unpaired) electrons. The highest BCUT2D eigenvalue weighted by Gasteiger charge is 2.24. The summed E-state index contributed by atoms with van der Waals surface area (Å²) in [6.07, 6.45) is 0.385. The molecule has 1 heterocycles. The maximum absolute atomic E-state index is 12.5. The lowest BCUT2D eigenvalue weighted by atomic mass is 10.1. The highest BCUT2D eigenvalue weighted by Crippen LogP contribution is 2.21. The zero-order valence-electron chi connectivity index (χ0n) is 15.1. The first-order chi connectivity index (χ1) is 12.7. The molecule has 134 valence electrons. The van der Waals surface area contributed by atoms with Crippen LogP contribution in [0.2, 0.25) is 0 Å². The number of nitriles is 1. The Balaban J connectivity index is 1.51. The topological polar surface area (TPSA) is 59.4 Å². The monoisotopic (exact) mass is 348 g/mol. The van der Waals surface area contributed by atoms with Gasteiger partial charge in [0.25, 0.3) is 0 Å². The molecule has 5 nitrogen and oxygen atoms in total. The zero-order chi connectivity index (χ0) is 18.4. The van der Waals surface area contributed by atoms with Gasteiger partial charge in [0, 0.05) is 37.9 Å². The van der Waals surface area contributed by atoms with Gasteiger partial charge in [0.1, 0.15) is 0 Å². The van der Waals surface area contributed by atoms with Crippen molar-refractivity contribution >= 4 is 11.7 Å². The highest BCUT2D eigenvalue weighted by molar-refractivity contribution is 5.89. The summed E-state index contributed by atoms with van der Waals surface area (Å²) in [5, 5.41) is 11.6. The molecular weight excluding hydrogens is 324 g/mol. The first kappa shape index (κ1) is 18.0. The van der Waals surface area contributed by atoms with Crippen LogP contribution >= 0.6 is 0 Å². The smallest absolute Gasteiger partial charge is 0.321 e. The van der Waals surface area contributed by atoms with E-state index in [1.807, 2.05) is 35.2 Å². The first-order valence-electron chi connectivity index (χ1n) is 8.98. The van der Waals surface area contributed by atoms with Gasteiger partial charge in [0.15, 0.2) is 0 Å². The Morgan fingerprint density at radius 2 is 1.73 bits per heavy atom. The summed E-state index contributed by atoms with van der Waals surface area (Å²) in [6.45, 7) is 5.38. The SMILES string of the molecule is C[C@H](c1ccccc1)N1CCN(C(=O)Nc2ccc(CC#N)cc2)CC1. The Morgan fingerprint density at radius 1 is 1.08 bits per heavy atom. The molecule has 1 atom stereocenters. The average Bonchev–Trinajstić information content (AvgIpc) is 2.70. The van der Waals surface area contributed by atoms with E-state index in [0.717, 1.165) is 37.4 Å². The standard InChI is InChI=1S/C21H24N4O/c1-17(19-5-3-2-4-6-19)24-13-15-25(16-14-24)21(26)23-20-9-7-18(8-10-20)11-12-22/h2-10,17H,11,13-16H2,1H3,(H,23,26)/t17-/m1/s1. The molecule has 5 heteroatoms. The van der Waals surface area contributed by atoms with Crippen LogP contribution < -0.4 is 5.32 Å². The molecule has 1 fully saturated rings. The molecule has 0 unspecified atom stereocenters. The Bertz CT molecular complexity index is 759. The van der Waals surface area contributed by atoms with Crippen LogP contribution in [0.1, 0.15) is 24.1 Å². The lowest BCUT2D eigenvalue weighted by Gasteiger charge is -2.38.